The number of nitrogens with zero attached hydrogens (tertiary/aromatic N) is 2. The van der Waals surface area contributed by atoms with Gasteiger partial charge >= 0.3 is 0 Å². The van der Waals surface area contributed by atoms with Gasteiger partial charge in [0.15, 0.2) is 5.17 Å². The maximum atomic E-state index is 12.7. The molecule has 0 aromatic heterocycles. The number of hydrogen-bond acceptors (Lipinski definition) is 4. The zero-order valence-corrected chi connectivity index (χ0v) is 14.7. The van der Waals surface area contributed by atoms with E-state index in [1.54, 1.807) is 23.8 Å². The van der Waals surface area contributed by atoms with Crippen molar-refractivity contribution in [3.8, 4) is 5.75 Å². The van der Waals surface area contributed by atoms with Crippen LogP contribution in [0.5, 0.6) is 5.75 Å². The summed E-state index contributed by atoms with van der Waals surface area (Å²) in [6.07, 6.45) is 0.372. The fourth-order valence-electron chi connectivity index (χ4n) is 2.53. The predicted molar refractivity (Wildman–Crippen MR) is 99.1 cm³/mol. The number of amidine groups is 1. The van der Waals surface area contributed by atoms with Gasteiger partial charge in [0, 0.05) is 12.3 Å². The Labute approximate surface area is 146 Å². The maximum Gasteiger partial charge on any atom is 0.232 e. The summed E-state index contributed by atoms with van der Waals surface area (Å²) >= 11 is 1.63. The smallest absolute Gasteiger partial charge is 0.232 e. The minimum Gasteiger partial charge on any atom is -0.497 e. The number of rotatable bonds is 4. The number of carbonyl (C=O) groups is 1. The molecule has 0 spiro atoms. The molecule has 1 heterocycles. The average molecular weight is 340 g/mol. The maximum absolute atomic E-state index is 12.7. The van der Waals surface area contributed by atoms with E-state index in [-0.39, 0.29) is 5.91 Å². The summed E-state index contributed by atoms with van der Waals surface area (Å²) in [5.74, 6) is 1.77. The van der Waals surface area contributed by atoms with Crippen LogP contribution < -0.4 is 4.74 Å². The van der Waals surface area contributed by atoms with E-state index in [0.29, 0.717) is 13.0 Å². The van der Waals surface area contributed by atoms with Gasteiger partial charge in [0.25, 0.3) is 0 Å². The highest BCUT2D eigenvalue weighted by atomic mass is 32.2. The molecule has 124 valence electrons. The number of methoxy groups -OCH3 is 1. The number of para-hydroxylation sites is 1. The monoisotopic (exact) mass is 340 g/mol. The molecule has 0 bridgehead atoms. The van der Waals surface area contributed by atoms with E-state index < -0.39 is 0 Å². The van der Waals surface area contributed by atoms with Gasteiger partial charge in [-0.05, 0) is 36.2 Å². The number of amides is 1. The van der Waals surface area contributed by atoms with Crippen LogP contribution in [0.25, 0.3) is 0 Å². The number of aliphatic imine (C=N–C) groups is 1. The Balaban J connectivity index is 1.74. The van der Waals surface area contributed by atoms with Crippen molar-refractivity contribution in [1.29, 1.82) is 0 Å². The fraction of sp³-hybridized carbons (Fsp3) is 0.263. The van der Waals surface area contributed by atoms with Crippen molar-refractivity contribution < 1.29 is 9.53 Å². The quantitative estimate of drug-likeness (QED) is 0.850. The average Bonchev–Trinajstić information content (AvgIpc) is 3.06. The van der Waals surface area contributed by atoms with E-state index in [2.05, 4.69) is 0 Å². The molecule has 0 saturated carbocycles. The fourth-order valence-corrected chi connectivity index (χ4v) is 3.50. The predicted octanol–water partition coefficient (Wildman–Crippen LogP) is 3.81. The largest absolute Gasteiger partial charge is 0.497 e. The van der Waals surface area contributed by atoms with Gasteiger partial charge < -0.3 is 4.74 Å². The van der Waals surface area contributed by atoms with Crippen LogP contribution in [0.15, 0.2) is 53.5 Å². The van der Waals surface area contributed by atoms with Gasteiger partial charge in [-0.3, -0.25) is 9.69 Å². The van der Waals surface area contributed by atoms with Crippen molar-refractivity contribution in [3.05, 3.63) is 59.7 Å². The number of ether oxygens (including phenoxy) is 1. The molecule has 0 radical (unpaired) electrons. The van der Waals surface area contributed by atoms with Crippen LogP contribution in [0, 0.1) is 6.92 Å². The van der Waals surface area contributed by atoms with E-state index in [1.165, 1.54) is 0 Å². The van der Waals surface area contributed by atoms with Crippen LogP contribution in [-0.2, 0) is 11.2 Å². The first kappa shape index (κ1) is 16.6. The van der Waals surface area contributed by atoms with Crippen molar-refractivity contribution in [1.82, 2.24) is 4.90 Å². The molecule has 0 N–H and O–H groups in total. The second kappa shape index (κ2) is 7.53. The number of benzene rings is 2. The number of aryl methyl sites for hydroxylation is 1. The lowest BCUT2D eigenvalue weighted by atomic mass is 10.1. The van der Waals surface area contributed by atoms with Gasteiger partial charge in [-0.2, -0.15) is 0 Å². The van der Waals surface area contributed by atoms with Gasteiger partial charge in [-0.25, -0.2) is 4.99 Å². The van der Waals surface area contributed by atoms with Crippen molar-refractivity contribution >= 4 is 28.5 Å². The molecule has 0 unspecified atom stereocenters. The highest BCUT2D eigenvalue weighted by molar-refractivity contribution is 8.14. The van der Waals surface area contributed by atoms with E-state index in [1.807, 2.05) is 55.5 Å². The Hall–Kier alpha value is -2.27. The summed E-state index contributed by atoms with van der Waals surface area (Å²) in [7, 11) is 1.63. The lowest BCUT2D eigenvalue weighted by molar-refractivity contribution is -0.126. The zero-order chi connectivity index (χ0) is 16.9. The van der Waals surface area contributed by atoms with Crippen molar-refractivity contribution in [2.75, 3.05) is 19.4 Å². The number of hydrogen-bond donors (Lipinski definition) is 0. The summed E-state index contributed by atoms with van der Waals surface area (Å²) < 4.78 is 5.15. The normalized spacial score (nSPS) is 15.8. The molecule has 1 amide bonds. The molecule has 3 rings (SSSR count). The highest BCUT2D eigenvalue weighted by Gasteiger charge is 2.25. The van der Waals surface area contributed by atoms with Crippen LogP contribution in [0.1, 0.15) is 11.1 Å². The highest BCUT2D eigenvalue weighted by Crippen LogP contribution is 2.25. The minimum absolute atomic E-state index is 0.0810. The Morgan fingerprint density at radius 1 is 1.21 bits per heavy atom. The van der Waals surface area contributed by atoms with E-state index in [4.69, 9.17) is 9.73 Å². The topological polar surface area (TPSA) is 41.9 Å². The molecule has 1 aliphatic heterocycles. The summed E-state index contributed by atoms with van der Waals surface area (Å²) in [5, 5.41) is 0.794. The molecule has 1 aliphatic rings. The van der Waals surface area contributed by atoms with E-state index in [0.717, 1.165) is 33.5 Å². The SMILES string of the molecule is COc1ccc(CC(=O)N2CCSC2=Nc2ccccc2C)cc1. The lowest BCUT2D eigenvalue weighted by Crippen LogP contribution is -2.32. The Kier molecular flexibility index (Phi) is 5.20. The van der Waals surface area contributed by atoms with Gasteiger partial charge in [0.05, 0.1) is 19.2 Å². The number of carbonyl (C=O) groups excluding carboxylic acids is 1. The molecular weight excluding hydrogens is 320 g/mol. The zero-order valence-electron chi connectivity index (χ0n) is 13.9. The Bertz CT molecular complexity index is 756. The van der Waals surface area contributed by atoms with Gasteiger partial charge in [0.1, 0.15) is 5.75 Å². The van der Waals surface area contributed by atoms with Crippen LogP contribution in [0.4, 0.5) is 5.69 Å². The van der Waals surface area contributed by atoms with Crippen molar-refractivity contribution in [2.24, 2.45) is 4.99 Å². The Morgan fingerprint density at radius 3 is 2.67 bits per heavy atom. The molecule has 2 aromatic carbocycles. The first-order chi connectivity index (χ1) is 11.7. The summed E-state index contributed by atoms with van der Waals surface area (Å²) in [4.78, 5) is 19.1. The molecule has 4 nitrogen and oxygen atoms in total. The standard InChI is InChI=1S/C19H20N2O2S/c1-14-5-3-4-6-17(14)20-19-21(11-12-24-19)18(22)13-15-7-9-16(23-2)10-8-15/h3-10H,11-13H2,1-2H3. The molecule has 0 aliphatic carbocycles. The third-order valence-electron chi connectivity index (χ3n) is 3.92. The van der Waals surface area contributed by atoms with Crippen LogP contribution >= 0.6 is 11.8 Å². The van der Waals surface area contributed by atoms with Crippen molar-refractivity contribution in [2.45, 2.75) is 13.3 Å². The molecule has 0 atom stereocenters. The van der Waals surface area contributed by atoms with Crippen molar-refractivity contribution in [3.63, 3.8) is 0 Å². The second-order valence-corrected chi connectivity index (χ2v) is 6.66. The number of thioether (sulfide) groups is 1. The van der Waals surface area contributed by atoms with Crippen LogP contribution in [-0.4, -0.2) is 35.4 Å². The molecule has 1 fully saturated rings. The third kappa shape index (κ3) is 3.79. The lowest BCUT2D eigenvalue weighted by Gasteiger charge is -2.16. The first-order valence-electron chi connectivity index (χ1n) is 7.88. The molecular formula is C19H20N2O2S. The Morgan fingerprint density at radius 2 is 1.96 bits per heavy atom. The van der Waals surface area contributed by atoms with Crippen LogP contribution in [0.3, 0.4) is 0 Å². The second-order valence-electron chi connectivity index (χ2n) is 5.60. The summed E-state index contributed by atoms with van der Waals surface area (Å²) in [6, 6.07) is 15.6. The summed E-state index contributed by atoms with van der Waals surface area (Å²) in [5.41, 5.74) is 3.01. The van der Waals surface area contributed by atoms with Gasteiger partial charge in [-0.15, -0.1) is 0 Å². The van der Waals surface area contributed by atoms with Gasteiger partial charge in [0.2, 0.25) is 5.91 Å². The minimum atomic E-state index is 0.0810. The van der Waals surface area contributed by atoms with Crippen LogP contribution in [0.2, 0.25) is 0 Å². The summed E-state index contributed by atoms with van der Waals surface area (Å²) in [6.45, 7) is 2.74. The third-order valence-corrected chi connectivity index (χ3v) is 4.88. The molecule has 5 heteroatoms. The molecule has 2 aromatic rings. The van der Waals surface area contributed by atoms with E-state index in [9.17, 15) is 4.79 Å². The molecule has 24 heavy (non-hydrogen) atoms. The van der Waals surface area contributed by atoms with E-state index >= 15 is 0 Å². The van der Waals surface area contributed by atoms with Gasteiger partial charge in [-0.1, -0.05) is 42.1 Å². The molecule has 1 saturated heterocycles. The first-order valence-corrected chi connectivity index (χ1v) is 8.86.